The quantitative estimate of drug-likeness (QED) is 0.122. The molecule has 4 aromatic carbocycles. The first-order valence-corrected chi connectivity index (χ1v) is 17.9. The van der Waals surface area contributed by atoms with Gasteiger partial charge >= 0.3 is 23.9 Å². The summed E-state index contributed by atoms with van der Waals surface area (Å²) in [6.45, 7) is 2.86. The Balaban J connectivity index is 0.000000254. The largest absolute Gasteiger partial charge is 0.497 e. The van der Waals surface area contributed by atoms with Crippen LogP contribution >= 0.6 is 0 Å². The van der Waals surface area contributed by atoms with Crippen LogP contribution in [0.3, 0.4) is 0 Å². The lowest BCUT2D eigenvalue weighted by Gasteiger charge is -2.34. The lowest BCUT2D eigenvalue weighted by Crippen LogP contribution is -2.45. The van der Waals surface area contributed by atoms with Crippen molar-refractivity contribution in [2.24, 2.45) is 5.92 Å². The number of aliphatic hydroxyl groups is 1. The molecule has 3 N–H and O–H groups in total. The SMILES string of the molecule is COc1ccc(C(=O)O[C@H](C(=O)O)[C@H](OC(=O)c2ccc(OC)cc2)C(=O)O)cc1.COc1cccc([C@H](O)C2CCN(CCc3ccc(F)cc3)CC2)c1OC. The predicted molar refractivity (Wildman–Crippen MR) is 203 cm³/mol. The van der Waals surface area contributed by atoms with Crippen molar-refractivity contribution in [2.75, 3.05) is 48.1 Å². The van der Waals surface area contributed by atoms with Gasteiger partial charge in [-0.1, -0.05) is 24.3 Å². The van der Waals surface area contributed by atoms with Crippen LogP contribution in [-0.2, 0) is 25.5 Å². The molecule has 304 valence electrons. The van der Waals surface area contributed by atoms with Crippen LogP contribution < -0.4 is 18.9 Å². The molecule has 0 unspecified atom stereocenters. The van der Waals surface area contributed by atoms with E-state index in [1.807, 2.05) is 30.3 Å². The Bertz CT molecular complexity index is 1850. The third kappa shape index (κ3) is 12.1. The van der Waals surface area contributed by atoms with Crippen LogP contribution in [0.2, 0.25) is 0 Å². The van der Waals surface area contributed by atoms with Gasteiger partial charge in [-0.15, -0.1) is 0 Å². The second-order valence-corrected chi connectivity index (χ2v) is 12.9. The highest BCUT2D eigenvalue weighted by atomic mass is 19.1. The van der Waals surface area contributed by atoms with Gasteiger partial charge in [0, 0.05) is 12.1 Å². The number of methoxy groups -OCH3 is 4. The van der Waals surface area contributed by atoms with Gasteiger partial charge in [-0.3, -0.25) is 0 Å². The molecule has 1 heterocycles. The van der Waals surface area contributed by atoms with Crippen LogP contribution in [0.15, 0.2) is 91.0 Å². The molecule has 1 aliphatic heterocycles. The summed E-state index contributed by atoms with van der Waals surface area (Å²) in [6, 6.07) is 23.3. The van der Waals surface area contributed by atoms with Crippen LogP contribution in [0.5, 0.6) is 23.0 Å². The van der Waals surface area contributed by atoms with Gasteiger partial charge in [-0.2, -0.15) is 0 Å². The fraction of sp³-hybridized carbons (Fsp3) is 0.333. The smallest absolute Gasteiger partial charge is 0.349 e. The van der Waals surface area contributed by atoms with Gasteiger partial charge in [0.25, 0.3) is 0 Å². The minimum Gasteiger partial charge on any atom is -0.497 e. The molecule has 3 atom stereocenters. The summed E-state index contributed by atoms with van der Waals surface area (Å²) in [6.07, 6.45) is -2.33. The normalized spacial score (nSPS) is 14.4. The van der Waals surface area contributed by atoms with Gasteiger partial charge < -0.3 is 48.6 Å². The number of carbonyl (C=O) groups is 4. The number of benzene rings is 4. The van der Waals surface area contributed by atoms with E-state index < -0.39 is 42.2 Å². The third-order valence-electron chi connectivity index (χ3n) is 9.34. The Labute approximate surface area is 329 Å². The molecule has 0 radical (unpaired) electrons. The minimum atomic E-state index is -2.28. The van der Waals surface area contributed by atoms with Crippen molar-refractivity contribution in [1.29, 1.82) is 0 Å². The molecule has 4 aromatic rings. The Kier molecular flexibility index (Phi) is 16.2. The number of nitrogens with zero attached hydrogens (tertiary/aromatic N) is 1. The summed E-state index contributed by atoms with van der Waals surface area (Å²) in [5.41, 5.74) is 1.85. The topological polar surface area (TPSA) is 188 Å². The molecule has 14 nitrogen and oxygen atoms in total. The third-order valence-corrected chi connectivity index (χ3v) is 9.34. The summed E-state index contributed by atoms with van der Waals surface area (Å²) >= 11 is 0. The van der Waals surface area contributed by atoms with Crippen molar-refractivity contribution in [2.45, 2.75) is 37.6 Å². The highest BCUT2D eigenvalue weighted by molar-refractivity contribution is 5.95. The van der Waals surface area contributed by atoms with Crippen molar-refractivity contribution < 1.29 is 67.3 Å². The van der Waals surface area contributed by atoms with Crippen LogP contribution in [0.25, 0.3) is 0 Å². The number of rotatable bonds is 16. The first-order chi connectivity index (χ1) is 27.4. The van der Waals surface area contributed by atoms with Gasteiger partial charge in [-0.25, -0.2) is 23.6 Å². The van der Waals surface area contributed by atoms with Crippen LogP contribution in [0, 0.1) is 11.7 Å². The Hall–Kier alpha value is -6.19. The number of halogens is 1. The number of aliphatic hydroxyl groups excluding tert-OH is 1. The van der Waals surface area contributed by atoms with Crippen molar-refractivity contribution in [3.63, 3.8) is 0 Å². The summed E-state index contributed by atoms with van der Waals surface area (Å²) in [5.74, 6) is -3.67. The number of piperidine rings is 1. The molecule has 1 aliphatic rings. The number of likely N-dealkylation sites (tertiary alicyclic amines) is 1. The zero-order valence-corrected chi connectivity index (χ0v) is 32.0. The Morgan fingerprint density at radius 1 is 0.684 bits per heavy atom. The molecule has 15 heteroatoms. The predicted octanol–water partition coefficient (Wildman–Crippen LogP) is 5.46. The maximum Gasteiger partial charge on any atom is 0.349 e. The van der Waals surface area contributed by atoms with E-state index in [1.54, 1.807) is 14.2 Å². The highest BCUT2D eigenvalue weighted by Gasteiger charge is 2.41. The number of esters is 2. The number of carbonyl (C=O) groups excluding carboxylic acids is 2. The van der Waals surface area contributed by atoms with Crippen molar-refractivity contribution in [3.8, 4) is 23.0 Å². The van der Waals surface area contributed by atoms with E-state index in [0.717, 1.165) is 50.0 Å². The van der Waals surface area contributed by atoms with E-state index in [0.29, 0.717) is 23.0 Å². The molecular formula is C42H46FNO13. The molecule has 0 aliphatic carbocycles. The first-order valence-electron chi connectivity index (χ1n) is 17.9. The lowest BCUT2D eigenvalue weighted by atomic mass is 9.87. The number of carboxylic acid groups (broad SMARTS) is 2. The van der Waals surface area contributed by atoms with E-state index in [9.17, 15) is 38.9 Å². The number of hydrogen-bond acceptors (Lipinski definition) is 12. The van der Waals surface area contributed by atoms with Crippen LogP contribution in [0.4, 0.5) is 4.39 Å². The summed E-state index contributed by atoms with van der Waals surface area (Å²) in [7, 11) is 6.05. The summed E-state index contributed by atoms with van der Waals surface area (Å²) in [5, 5.41) is 29.6. The zero-order valence-electron chi connectivity index (χ0n) is 32.0. The van der Waals surface area contributed by atoms with Crippen LogP contribution in [-0.4, -0.2) is 104 Å². The standard InChI is InChI=1S/C22H28FNO3.C20H18O10/c1-26-20-5-3-4-19(22(20)27-2)21(25)17-11-14-24(15-12-17)13-10-16-6-8-18(23)9-7-16;1-27-13-7-3-11(4-8-13)19(25)29-15(17(21)22)16(18(23)24)30-20(26)12-5-9-14(28-2)10-6-12/h3-9,17,21,25H,10-15H2,1-2H3;3-10,15-16H,1-2H3,(H,21,22)(H,23,24)/t21-;15-,16-/m10/s1. The van der Waals surface area contributed by atoms with Gasteiger partial charge in [0.05, 0.1) is 45.7 Å². The van der Waals surface area contributed by atoms with Crippen molar-refractivity contribution in [1.82, 2.24) is 4.90 Å². The number of para-hydroxylation sites is 1. The first kappa shape index (κ1) is 43.5. The lowest BCUT2D eigenvalue weighted by molar-refractivity contribution is -0.166. The van der Waals surface area contributed by atoms with E-state index >= 15 is 0 Å². The second-order valence-electron chi connectivity index (χ2n) is 12.9. The highest BCUT2D eigenvalue weighted by Crippen LogP contribution is 2.40. The molecule has 1 saturated heterocycles. The maximum absolute atomic E-state index is 13.0. The average molecular weight is 792 g/mol. The number of hydrogen-bond donors (Lipinski definition) is 3. The number of ether oxygens (including phenoxy) is 6. The van der Waals surface area contributed by atoms with Gasteiger partial charge in [0.2, 0.25) is 12.2 Å². The number of carboxylic acids is 2. The zero-order chi connectivity index (χ0) is 41.5. The fourth-order valence-electron chi connectivity index (χ4n) is 6.13. The average Bonchev–Trinajstić information content (AvgIpc) is 3.24. The van der Waals surface area contributed by atoms with Gasteiger partial charge in [0.15, 0.2) is 11.5 Å². The minimum absolute atomic E-state index is 0.0485. The molecule has 0 spiro atoms. The fourth-order valence-corrected chi connectivity index (χ4v) is 6.13. The summed E-state index contributed by atoms with van der Waals surface area (Å²) in [4.78, 5) is 50.0. The van der Waals surface area contributed by atoms with Crippen molar-refractivity contribution >= 4 is 23.9 Å². The Morgan fingerprint density at radius 2 is 1.18 bits per heavy atom. The molecular weight excluding hydrogens is 745 g/mol. The van der Waals surface area contributed by atoms with E-state index in [1.165, 1.54) is 74.9 Å². The molecule has 0 saturated carbocycles. The van der Waals surface area contributed by atoms with Gasteiger partial charge in [-0.05, 0) is 111 Å². The molecule has 5 rings (SSSR count). The molecule has 0 bridgehead atoms. The summed E-state index contributed by atoms with van der Waals surface area (Å²) < 4.78 is 43.3. The van der Waals surface area contributed by atoms with Gasteiger partial charge in [0.1, 0.15) is 17.3 Å². The maximum atomic E-state index is 13.0. The van der Waals surface area contributed by atoms with E-state index in [4.69, 9.17) is 28.4 Å². The molecule has 0 amide bonds. The molecule has 57 heavy (non-hydrogen) atoms. The second kappa shape index (κ2) is 21.2. The van der Waals surface area contributed by atoms with E-state index in [2.05, 4.69) is 4.90 Å². The van der Waals surface area contributed by atoms with Crippen molar-refractivity contribution in [3.05, 3.63) is 119 Å². The number of aliphatic carboxylic acids is 2. The van der Waals surface area contributed by atoms with Crippen LogP contribution in [0.1, 0.15) is 50.8 Å². The Morgan fingerprint density at radius 3 is 1.60 bits per heavy atom. The molecule has 0 aromatic heterocycles. The van der Waals surface area contributed by atoms with E-state index in [-0.39, 0.29) is 22.9 Å². The molecule has 1 fully saturated rings. The monoisotopic (exact) mass is 791 g/mol.